The van der Waals surface area contributed by atoms with Gasteiger partial charge in [0.15, 0.2) is 0 Å². The summed E-state index contributed by atoms with van der Waals surface area (Å²) in [5.41, 5.74) is 14.2. The van der Waals surface area contributed by atoms with Crippen LogP contribution in [0, 0.1) is 15.9 Å². The molecule has 0 unspecified atom stereocenters. The number of aromatic carboxylic acids is 1. The average molecular weight is 1780 g/mol. The van der Waals surface area contributed by atoms with Gasteiger partial charge in [0.1, 0.15) is 11.5 Å². The number of fused-ring (bicyclic) bond motifs is 2. The van der Waals surface area contributed by atoms with Crippen LogP contribution >= 0.6 is 35.3 Å². The molecule has 0 saturated carbocycles. The zero-order valence-corrected chi connectivity index (χ0v) is 74.8. The van der Waals surface area contributed by atoms with Crippen LogP contribution in [0.25, 0.3) is 32.0 Å². The van der Waals surface area contributed by atoms with Crippen molar-refractivity contribution in [1.29, 1.82) is 0 Å². The van der Waals surface area contributed by atoms with E-state index in [1.54, 1.807) is 117 Å². The summed E-state index contributed by atoms with van der Waals surface area (Å²) in [6, 6.07) is 95.2. The maximum atomic E-state index is 13.7. The number of carboxylic acids is 1. The number of sulfonamides is 3. The van der Waals surface area contributed by atoms with Crippen molar-refractivity contribution in [2.75, 3.05) is 58.2 Å². The van der Waals surface area contributed by atoms with Crippen LogP contribution in [0.1, 0.15) is 55.5 Å². The molecule has 0 atom stereocenters. The van der Waals surface area contributed by atoms with Gasteiger partial charge in [-0.25, -0.2) is 39.9 Å². The molecule has 0 bridgehead atoms. The second-order valence-corrected chi connectivity index (χ2v) is 35.1. The van der Waals surface area contributed by atoms with Gasteiger partial charge in [0.25, 0.3) is 26.0 Å². The molecule has 0 heterocycles. The largest absolute Gasteiger partial charge is 1.00 e. The van der Waals surface area contributed by atoms with Crippen molar-refractivity contribution in [3.05, 3.63) is 386 Å². The van der Waals surface area contributed by atoms with Crippen LogP contribution in [0.2, 0.25) is 0 Å². The third kappa shape index (κ3) is 32.2. The van der Waals surface area contributed by atoms with E-state index < -0.39 is 58.4 Å². The summed E-state index contributed by atoms with van der Waals surface area (Å²) >= 11 is 5.28. The molecule has 23 nitrogen and oxygen atoms in total. The minimum Gasteiger partial charge on any atom is -1.00 e. The normalized spacial score (nSPS) is 11.0. The van der Waals surface area contributed by atoms with E-state index in [0.717, 1.165) is 105 Å². The number of carboxylic acid groups (broad SMARTS) is 1. The Bertz CT molecular complexity index is 5970. The second kappa shape index (κ2) is 50.8. The van der Waals surface area contributed by atoms with Gasteiger partial charge in [-0.15, -0.1) is 35.3 Å². The van der Waals surface area contributed by atoms with Crippen LogP contribution in [0.4, 0.5) is 10.1 Å². The summed E-state index contributed by atoms with van der Waals surface area (Å²) in [5.74, 6) is 1.81. The number of nitrogens with two attached hydrogens (primary N) is 1. The number of rotatable bonds is 34. The number of halogens is 1. The van der Waals surface area contributed by atoms with Gasteiger partial charge in [0.2, 0.25) is 15.8 Å². The van der Waals surface area contributed by atoms with Gasteiger partial charge in [0.05, 0.1) is 39.4 Å². The topological polar surface area (TPSA) is 335 Å². The van der Waals surface area contributed by atoms with E-state index in [2.05, 4.69) is 60.4 Å². The number of thioether (sulfide) groups is 3. The molecular formula is C91H91BFN9NaO14S6. The summed E-state index contributed by atoms with van der Waals surface area (Å²) in [4.78, 5) is 46.8. The fraction of sp³-hybridized carbons (Fsp3) is 0.165. The molecule has 32 heteroatoms. The summed E-state index contributed by atoms with van der Waals surface area (Å²) in [6.07, 6.45) is 0. The Morgan fingerprint density at radius 2 is 0.821 bits per heavy atom. The average Bonchev–Trinajstić information content (AvgIpc) is 0.807. The number of nitro groups is 1. The fourth-order valence-electron chi connectivity index (χ4n) is 12.4. The number of azide groups is 1. The number of amides is 1. The van der Waals surface area contributed by atoms with Crippen molar-refractivity contribution in [1.82, 2.24) is 19.4 Å². The number of carbonyl (C=O) groups is 2. The number of nitrogens with zero attached hydrogens (tertiary/aromatic N) is 7. The van der Waals surface area contributed by atoms with Gasteiger partial charge in [-0.3, -0.25) is 29.6 Å². The van der Waals surface area contributed by atoms with Crippen molar-refractivity contribution < 1.29 is 94.8 Å². The first-order chi connectivity index (χ1) is 58.4. The molecule has 1 amide bonds. The third-order valence-electron chi connectivity index (χ3n) is 18.3. The zero-order valence-electron chi connectivity index (χ0n) is 68.9. The van der Waals surface area contributed by atoms with Gasteiger partial charge >= 0.3 is 41.2 Å². The molecule has 631 valence electrons. The number of benzene rings is 13. The summed E-state index contributed by atoms with van der Waals surface area (Å²) < 4.78 is 103. The zero-order chi connectivity index (χ0) is 86.6. The van der Waals surface area contributed by atoms with Crippen LogP contribution in [-0.4, -0.2) is 134 Å². The minimum absolute atomic E-state index is 0. The maximum Gasteiger partial charge on any atom is 1.00 e. The van der Waals surface area contributed by atoms with Crippen molar-refractivity contribution in [2.45, 2.75) is 68.6 Å². The quantitative estimate of drug-likeness (QED) is 0.00553. The first-order valence-electron chi connectivity index (χ1n) is 37.6. The van der Waals surface area contributed by atoms with Crippen molar-refractivity contribution in [3.63, 3.8) is 0 Å². The Hall–Kier alpha value is -10.7. The van der Waals surface area contributed by atoms with Gasteiger partial charge in [-0.1, -0.05) is 194 Å². The number of aliphatic hydroxyl groups is 1. The monoisotopic (exact) mass is 1780 g/mol. The number of hydrogen-bond donors (Lipinski definition) is 4. The maximum absolute atomic E-state index is 13.7. The standard InChI is InChI=1S/C34H32N2O4S2.C23H26N2O3S2.C22H20FN5O4S2.C11H8O2.CH4O.B.Na.H/c1-40-29-12-7-9-27(23-29)25-36(21-22-41-30-13-3-2-4-14-30)24-26-17-19-31(20-18-26)42(38,39)35-34(37)33-16-8-11-28-10-5-6-15-32(28)33;1-28-21-7-5-6-20(16-21)18-25(14-15-29-22-8-3-2-4-9-22)17-19-10-12-23(13-11-19)30(24,26)27;23-21-11-8-18(14-22(21)28(29)30)16-27(12-13-33-19-4-2-1-3-5-19)15-17-6-9-20(10-7-17)34(31,32)26-25-24;12-11(13)10-7-3-5-8-4-1-2-6-9(8)10;1-2;;;/h2-20,23H,21-22,24-25H2,1H3,(H,35,37);2-13,16H,14-15,17-18H2,1H3,(H2,24,26,27);1-11,14H,12-13,15-16H2;1-7H,(H,12,13);2H,1H3;;;/q;;;;;;+1;-1. The van der Waals surface area contributed by atoms with E-state index in [0.29, 0.717) is 61.3 Å². The van der Waals surface area contributed by atoms with E-state index in [9.17, 15) is 49.3 Å². The number of nitro benzene ring substituents is 1. The smallest absolute Gasteiger partial charge is 1.00 e. The molecule has 0 aliphatic carbocycles. The van der Waals surface area contributed by atoms with Crippen LogP contribution in [0.15, 0.2) is 349 Å². The Morgan fingerprint density at radius 3 is 1.21 bits per heavy atom. The molecule has 13 aromatic rings. The molecule has 0 aliphatic heterocycles. The van der Waals surface area contributed by atoms with Gasteiger partial charge in [-0.2, -0.15) is 4.39 Å². The van der Waals surface area contributed by atoms with Crippen LogP contribution in [0.5, 0.6) is 11.5 Å². The van der Waals surface area contributed by atoms with Crippen LogP contribution in [-0.2, 0) is 69.3 Å². The number of methoxy groups -OCH3 is 2. The minimum atomic E-state index is -4.07. The summed E-state index contributed by atoms with van der Waals surface area (Å²) in [7, 11) is -7.48. The van der Waals surface area contributed by atoms with E-state index in [4.69, 9.17) is 30.4 Å². The molecule has 3 radical (unpaired) electrons. The van der Waals surface area contributed by atoms with E-state index >= 15 is 0 Å². The molecule has 0 spiro atoms. The second-order valence-electron chi connectivity index (χ2n) is 26.8. The molecule has 0 fully saturated rings. The SMILES string of the molecule is CO.COc1cccc(CN(CCSc2ccccc2)Cc2ccc(S(=O)(=O)NC(=O)c3cccc4ccccc34)cc2)c1.COc1cccc(CN(CCSc2ccccc2)Cc2ccc(S(N)(=O)=O)cc2)c1.O=C(O)c1cccc2ccccc12.[B].[H-].[N-]=[N+]=NS(=O)(=O)c1ccc(CN(CCSc2ccccc2)Cc2ccc(F)c([N+](=O)[O-])c2)cc1.[Na+]. The number of nitrogens with one attached hydrogen (secondary N) is 1. The van der Waals surface area contributed by atoms with Crippen molar-refractivity contribution in [2.24, 2.45) is 9.66 Å². The summed E-state index contributed by atoms with van der Waals surface area (Å²) in [5, 5.41) is 35.5. The number of aliphatic hydroxyl groups excluding tert-OH is 1. The van der Waals surface area contributed by atoms with Gasteiger partial charge in [0, 0.05) is 127 Å². The molecular weight excluding hydrogens is 1690 g/mol. The van der Waals surface area contributed by atoms with Crippen LogP contribution < -0.4 is 48.9 Å². The predicted molar refractivity (Wildman–Crippen MR) is 484 cm³/mol. The number of primary sulfonamides is 1. The molecule has 0 aliphatic rings. The molecule has 13 rings (SSSR count). The fourth-order valence-corrected chi connectivity index (χ4v) is 17.4. The van der Waals surface area contributed by atoms with E-state index in [-0.39, 0.29) is 54.1 Å². The van der Waals surface area contributed by atoms with E-state index in [1.807, 2.05) is 187 Å². The Labute approximate surface area is 755 Å². The van der Waals surface area contributed by atoms with Gasteiger partial charge in [-0.05, 0) is 176 Å². The molecule has 123 heavy (non-hydrogen) atoms. The molecule has 0 aromatic heterocycles. The first kappa shape index (κ1) is 99.4. The number of ether oxygens (including phenoxy) is 2. The number of hydrogen-bond acceptors (Lipinski definition) is 19. The Kier molecular flexibility index (Phi) is 41.1. The van der Waals surface area contributed by atoms with Crippen molar-refractivity contribution >= 4 is 113 Å². The third-order valence-corrected chi connectivity index (χ3v) is 24.7. The molecule has 0 saturated heterocycles. The van der Waals surface area contributed by atoms with Crippen molar-refractivity contribution in [3.8, 4) is 11.5 Å². The predicted octanol–water partition coefficient (Wildman–Crippen LogP) is 15.3. The number of carbonyl (C=O) groups excluding carboxylic acids is 1. The Balaban J connectivity index is 0.000000265. The first-order valence-corrected chi connectivity index (χ1v) is 45.1. The summed E-state index contributed by atoms with van der Waals surface area (Å²) in [6.45, 7) is 5.90. The molecule has 13 aromatic carbocycles. The Morgan fingerprint density at radius 1 is 0.480 bits per heavy atom. The van der Waals surface area contributed by atoms with E-state index in [1.165, 1.54) is 39.6 Å². The molecule has 5 N–H and O–H groups in total. The van der Waals surface area contributed by atoms with Crippen LogP contribution in [0.3, 0.4) is 0 Å². The van der Waals surface area contributed by atoms with Gasteiger partial charge < -0.3 is 21.1 Å².